The first-order valence-corrected chi connectivity index (χ1v) is 6.74. The number of rotatable bonds is 3. The minimum absolute atomic E-state index is 0.0269. The molecule has 0 amide bonds. The molecule has 0 aromatic rings. The number of hydrogen-bond donors (Lipinski definition) is 1. The largest absolute Gasteiger partial charge is 0.464 e. The second kappa shape index (κ2) is 5.25. The Labute approximate surface area is 118 Å². The van der Waals surface area contributed by atoms with Crippen LogP contribution < -0.4 is 0 Å². The average molecular weight is 277 g/mol. The molecule has 108 valence electrons. The van der Waals surface area contributed by atoms with E-state index in [-0.39, 0.29) is 5.71 Å². The smallest absolute Gasteiger partial charge is 0.337 e. The van der Waals surface area contributed by atoms with Crippen molar-refractivity contribution >= 4 is 11.7 Å². The van der Waals surface area contributed by atoms with Gasteiger partial charge in [-0.05, 0) is 20.3 Å². The molecule has 6 heteroatoms. The number of ether oxygens (including phenoxy) is 1. The van der Waals surface area contributed by atoms with Gasteiger partial charge >= 0.3 is 5.97 Å². The number of esters is 1. The van der Waals surface area contributed by atoms with E-state index in [2.05, 4.69) is 5.10 Å². The van der Waals surface area contributed by atoms with Gasteiger partial charge in [-0.1, -0.05) is 18.1 Å². The molecule has 0 bridgehead atoms. The highest BCUT2D eigenvalue weighted by Crippen LogP contribution is 2.40. The molecular formula is C14H19N3O3. The van der Waals surface area contributed by atoms with Crippen LogP contribution in [0.15, 0.2) is 16.2 Å². The minimum atomic E-state index is -1.27. The molecule has 0 saturated carbocycles. The second-order valence-electron chi connectivity index (χ2n) is 5.35. The van der Waals surface area contributed by atoms with Gasteiger partial charge in [-0.25, -0.2) is 4.79 Å². The molecule has 6 nitrogen and oxygen atoms in total. The number of aliphatic hydroxyl groups is 1. The number of carbonyl (C=O) groups excluding carboxylic acids is 1. The summed E-state index contributed by atoms with van der Waals surface area (Å²) in [5.74, 6) is -0.507. The lowest BCUT2D eigenvalue weighted by atomic mass is 9.80. The summed E-state index contributed by atoms with van der Waals surface area (Å²) in [6.45, 7) is 6.52. The average Bonchev–Trinajstić information content (AvgIpc) is 2.70. The number of aliphatic hydroxyl groups excluding tert-OH is 1. The van der Waals surface area contributed by atoms with Crippen LogP contribution in [0.1, 0.15) is 33.6 Å². The van der Waals surface area contributed by atoms with Crippen molar-refractivity contribution in [2.45, 2.75) is 45.3 Å². The second-order valence-corrected chi connectivity index (χ2v) is 5.35. The van der Waals surface area contributed by atoms with Crippen LogP contribution in [-0.4, -0.2) is 46.6 Å². The van der Waals surface area contributed by atoms with E-state index in [0.29, 0.717) is 26.0 Å². The molecule has 0 aliphatic carbocycles. The quantitative estimate of drug-likeness (QED) is 0.613. The predicted octanol–water partition coefficient (Wildman–Crippen LogP) is 0.975. The number of hydrogen-bond acceptors (Lipinski definition) is 6. The highest BCUT2D eigenvalue weighted by Gasteiger charge is 2.59. The van der Waals surface area contributed by atoms with Crippen LogP contribution in [0.2, 0.25) is 0 Å². The summed E-state index contributed by atoms with van der Waals surface area (Å²) in [5.41, 5.74) is 0.826. The lowest BCUT2D eigenvalue weighted by Gasteiger charge is -2.41. The Morgan fingerprint density at radius 1 is 1.60 bits per heavy atom. The van der Waals surface area contributed by atoms with Gasteiger partial charge in [0.05, 0.1) is 13.2 Å². The van der Waals surface area contributed by atoms with E-state index < -0.39 is 17.6 Å². The summed E-state index contributed by atoms with van der Waals surface area (Å²) >= 11 is 0. The molecule has 2 atom stereocenters. The van der Waals surface area contributed by atoms with Crippen molar-refractivity contribution in [2.24, 2.45) is 5.10 Å². The molecular weight excluding hydrogens is 258 g/mol. The molecule has 0 saturated heterocycles. The first-order chi connectivity index (χ1) is 9.47. The molecule has 2 heterocycles. The zero-order chi connectivity index (χ0) is 14.9. The number of hydrazone groups is 1. The zero-order valence-corrected chi connectivity index (χ0v) is 12.0. The van der Waals surface area contributed by atoms with E-state index >= 15 is 0 Å². The van der Waals surface area contributed by atoms with Gasteiger partial charge in [-0.3, -0.25) is 5.01 Å². The summed E-state index contributed by atoms with van der Waals surface area (Å²) in [4.78, 5) is 12.5. The third-order valence-corrected chi connectivity index (χ3v) is 3.96. The van der Waals surface area contributed by atoms with Gasteiger partial charge in [-0.15, -0.1) is 0 Å². The zero-order valence-electron chi connectivity index (χ0n) is 12.0. The maximum atomic E-state index is 12.5. The standard InChI is InChI=1S/C14H19N3O3/c1-4-5-20-13(19)14-6-9(2)10(3)8-17(14)16-11(7-15)12(14)18/h12,18H,4-6,8H2,1-3H3. The van der Waals surface area contributed by atoms with Gasteiger partial charge in [0, 0.05) is 6.42 Å². The number of fused-ring (bicyclic) bond motifs is 1. The lowest BCUT2D eigenvalue weighted by molar-refractivity contribution is -0.163. The van der Waals surface area contributed by atoms with Crippen molar-refractivity contribution in [3.05, 3.63) is 11.1 Å². The highest BCUT2D eigenvalue weighted by atomic mass is 16.5. The summed E-state index contributed by atoms with van der Waals surface area (Å²) in [5, 5.41) is 25.1. The molecule has 0 aromatic heterocycles. The molecule has 2 rings (SSSR count). The van der Waals surface area contributed by atoms with Crippen LogP contribution >= 0.6 is 0 Å². The Kier molecular flexibility index (Phi) is 3.82. The minimum Gasteiger partial charge on any atom is -0.464 e. The van der Waals surface area contributed by atoms with Crippen molar-refractivity contribution in [2.75, 3.05) is 13.2 Å². The first kappa shape index (κ1) is 14.5. The fourth-order valence-electron chi connectivity index (χ4n) is 2.61. The van der Waals surface area contributed by atoms with Crippen molar-refractivity contribution < 1.29 is 14.6 Å². The maximum absolute atomic E-state index is 12.5. The maximum Gasteiger partial charge on any atom is 0.337 e. The van der Waals surface area contributed by atoms with Gasteiger partial charge in [0.2, 0.25) is 0 Å². The Morgan fingerprint density at radius 2 is 2.30 bits per heavy atom. The summed E-state index contributed by atoms with van der Waals surface area (Å²) < 4.78 is 5.24. The van der Waals surface area contributed by atoms with Crippen LogP contribution in [-0.2, 0) is 9.53 Å². The third-order valence-electron chi connectivity index (χ3n) is 3.96. The Morgan fingerprint density at radius 3 is 2.90 bits per heavy atom. The first-order valence-electron chi connectivity index (χ1n) is 6.74. The van der Waals surface area contributed by atoms with Gasteiger partial charge in [-0.2, -0.15) is 10.4 Å². The van der Waals surface area contributed by atoms with E-state index in [9.17, 15) is 9.90 Å². The Bertz CT molecular complexity index is 532. The summed E-state index contributed by atoms with van der Waals surface area (Å²) in [6, 6.07) is 1.87. The highest BCUT2D eigenvalue weighted by molar-refractivity contribution is 6.08. The third kappa shape index (κ3) is 1.98. The van der Waals surface area contributed by atoms with E-state index in [1.165, 1.54) is 5.01 Å². The van der Waals surface area contributed by atoms with Crippen molar-refractivity contribution in [1.82, 2.24) is 5.01 Å². The van der Waals surface area contributed by atoms with E-state index in [1.54, 1.807) is 0 Å². The van der Waals surface area contributed by atoms with Crippen molar-refractivity contribution in [1.29, 1.82) is 5.26 Å². The van der Waals surface area contributed by atoms with Crippen LogP contribution in [0.5, 0.6) is 0 Å². The van der Waals surface area contributed by atoms with Crippen molar-refractivity contribution in [3.63, 3.8) is 0 Å². The van der Waals surface area contributed by atoms with Gasteiger partial charge < -0.3 is 9.84 Å². The molecule has 1 N–H and O–H groups in total. The molecule has 0 aromatic carbocycles. The molecule has 0 fully saturated rings. The Hall–Kier alpha value is -1.87. The summed E-state index contributed by atoms with van der Waals surface area (Å²) in [6.07, 6.45) is -0.200. The Balaban J connectivity index is 2.40. The monoisotopic (exact) mass is 277 g/mol. The van der Waals surface area contributed by atoms with Gasteiger partial charge in [0.15, 0.2) is 11.3 Å². The van der Waals surface area contributed by atoms with Crippen LogP contribution in [0.3, 0.4) is 0 Å². The molecule has 2 unspecified atom stereocenters. The van der Waals surface area contributed by atoms with Crippen LogP contribution in [0.4, 0.5) is 0 Å². The van der Waals surface area contributed by atoms with Gasteiger partial charge in [0.25, 0.3) is 0 Å². The topological polar surface area (TPSA) is 85.9 Å². The van der Waals surface area contributed by atoms with E-state index in [0.717, 1.165) is 11.1 Å². The molecule has 2 aliphatic rings. The fourth-order valence-corrected chi connectivity index (χ4v) is 2.61. The SMILES string of the molecule is CCCOC(=O)C12CC(C)=C(C)CN1N=C(C#N)C2O. The predicted molar refractivity (Wildman–Crippen MR) is 72.7 cm³/mol. The molecule has 20 heavy (non-hydrogen) atoms. The normalized spacial score (nSPS) is 28.9. The molecule has 0 spiro atoms. The van der Waals surface area contributed by atoms with Crippen LogP contribution in [0.25, 0.3) is 0 Å². The number of nitrogens with zero attached hydrogens (tertiary/aromatic N) is 3. The molecule has 0 radical (unpaired) electrons. The fraction of sp³-hybridized carbons (Fsp3) is 0.643. The number of nitriles is 1. The van der Waals surface area contributed by atoms with E-state index in [1.807, 2.05) is 26.8 Å². The lowest BCUT2D eigenvalue weighted by Crippen LogP contribution is -2.60. The van der Waals surface area contributed by atoms with E-state index in [4.69, 9.17) is 10.00 Å². The summed E-state index contributed by atoms with van der Waals surface area (Å²) in [7, 11) is 0. The van der Waals surface area contributed by atoms with Gasteiger partial charge in [0.1, 0.15) is 12.2 Å². The van der Waals surface area contributed by atoms with Crippen LogP contribution in [0, 0.1) is 11.3 Å². The van der Waals surface area contributed by atoms with Crippen molar-refractivity contribution in [3.8, 4) is 6.07 Å². The number of carbonyl (C=O) groups is 1. The molecule has 2 aliphatic heterocycles.